The second-order valence-corrected chi connectivity index (χ2v) is 7.79. The molecule has 7 heteroatoms. The summed E-state index contributed by atoms with van der Waals surface area (Å²) in [4.78, 5) is 7.16. The van der Waals surface area contributed by atoms with Crippen molar-refractivity contribution in [1.82, 2.24) is 24.5 Å². The average molecular weight is 379 g/mol. The maximum atomic E-state index is 6.06. The molecular formula is C20H21N5OS. The average Bonchev–Trinajstić information content (AvgIpc) is 3.43. The fraction of sp³-hybridized carbons (Fsp3) is 0.350. The highest BCUT2D eigenvalue weighted by Gasteiger charge is 2.30. The number of hydrogen-bond donors (Lipinski definition) is 0. The number of imidazole rings is 1. The van der Waals surface area contributed by atoms with Crippen LogP contribution in [0.3, 0.4) is 0 Å². The number of aryl methyl sites for hydroxylation is 1. The Morgan fingerprint density at radius 2 is 2.19 bits per heavy atom. The van der Waals surface area contributed by atoms with Crippen LogP contribution >= 0.6 is 11.3 Å². The van der Waals surface area contributed by atoms with Crippen LogP contribution in [-0.4, -0.2) is 31.0 Å². The van der Waals surface area contributed by atoms with Gasteiger partial charge in [0.1, 0.15) is 5.65 Å². The van der Waals surface area contributed by atoms with Gasteiger partial charge in [-0.3, -0.25) is 4.90 Å². The van der Waals surface area contributed by atoms with Crippen LogP contribution in [0, 0.1) is 6.92 Å². The minimum Gasteiger partial charge on any atom is -0.419 e. The van der Waals surface area contributed by atoms with Gasteiger partial charge >= 0.3 is 0 Å². The van der Waals surface area contributed by atoms with Crippen molar-refractivity contribution in [2.75, 3.05) is 6.54 Å². The van der Waals surface area contributed by atoms with Crippen molar-refractivity contribution in [3.8, 4) is 11.5 Å². The van der Waals surface area contributed by atoms with E-state index < -0.39 is 0 Å². The molecule has 1 atom stereocenters. The summed E-state index contributed by atoms with van der Waals surface area (Å²) in [5.41, 5.74) is 4.31. The predicted octanol–water partition coefficient (Wildman–Crippen LogP) is 4.48. The van der Waals surface area contributed by atoms with Gasteiger partial charge in [-0.2, -0.15) is 11.3 Å². The van der Waals surface area contributed by atoms with Gasteiger partial charge in [-0.25, -0.2) is 4.98 Å². The summed E-state index contributed by atoms with van der Waals surface area (Å²) in [6, 6.07) is 8.31. The summed E-state index contributed by atoms with van der Waals surface area (Å²) in [7, 11) is 0. The van der Waals surface area contributed by atoms with Crippen LogP contribution in [0.25, 0.3) is 17.1 Å². The van der Waals surface area contributed by atoms with E-state index >= 15 is 0 Å². The Kier molecular flexibility index (Phi) is 4.26. The topological polar surface area (TPSA) is 59.5 Å². The second kappa shape index (κ2) is 6.90. The molecule has 6 nitrogen and oxygen atoms in total. The molecule has 0 spiro atoms. The van der Waals surface area contributed by atoms with Crippen molar-refractivity contribution in [1.29, 1.82) is 0 Å². The van der Waals surface area contributed by atoms with Gasteiger partial charge in [-0.05, 0) is 49.9 Å². The Hall–Kier alpha value is -2.51. The third-order valence-corrected chi connectivity index (χ3v) is 5.97. The molecular weight excluding hydrogens is 358 g/mol. The molecule has 4 aromatic heterocycles. The van der Waals surface area contributed by atoms with Gasteiger partial charge in [-0.15, -0.1) is 10.2 Å². The number of pyridine rings is 1. The molecule has 1 saturated heterocycles. The van der Waals surface area contributed by atoms with E-state index in [1.165, 1.54) is 18.5 Å². The van der Waals surface area contributed by atoms with Crippen molar-refractivity contribution in [3.63, 3.8) is 0 Å². The molecule has 27 heavy (non-hydrogen) atoms. The van der Waals surface area contributed by atoms with E-state index in [0.717, 1.165) is 42.3 Å². The smallest absolute Gasteiger partial charge is 0.248 e. The highest BCUT2D eigenvalue weighted by Crippen LogP contribution is 2.33. The highest BCUT2D eigenvalue weighted by atomic mass is 32.1. The molecule has 0 N–H and O–H groups in total. The van der Waals surface area contributed by atoms with Crippen LogP contribution in [0.5, 0.6) is 0 Å². The monoisotopic (exact) mass is 379 g/mol. The molecule has 0 bridgehead atoms. The van der Waals surface area contributed by atoms with Gasteiger partial charge in [0.05, 0.1) is 17.4 Å². The Bertz CT molecular complexity index is 1050. The molecule has 1 fully saturated rings. The zero-order chi connectivity index (χ0) is 18.2. The summed E-state index contributed by atoms with van der Waals surface area (Å²) >= 11 is 1.64. The van der Waals surface area contributed by atoms with E-state index in [1.807, 2.05) is 22.9 Å². The van der Waals surface area contributed by atoms with E-state index in [-0.39, 0.29) is 6.04 Å². The predicted molar refractivity (Wildman–Crippen MR) is 105 cm³/mol. The molecule has 0 unspecified atom stereocenters. The Morgan fingerprint density at radius 1 is 1.22 bits per heavy atom. The third kappa shape index (κ3) is 3.07. The van der Waals surface area contributed by atoms with E-state index in [4.69, 9.17) is 9.40 Å². The van der Waals surface area contributed by atoms with Crippen LogP contribution in [0.2, 0.25) is 0 Å². The first-order valence-electron chi connectivity index (χ1n) is 9.32. The van der Waals surface area contributed by atoms with Crippen molar-refractivity contribution < 1.29 is 4.42 Å². The maximum Gasteiger partial charge on any atom is 0.248 e. The molecule has 1 aliphatic rings. The van der Waals surface area contributed by atoms with Crippen molar-refractivity contribution in [3.05, 3.63) is 58.5 Å². The Labute approximate surface area is 161 Å². The standard InChI is InChI=1S/C20H21N5OS/c1-14-17(25-10-5-3-7-18(25)21-14)12-24-9-4-2-6-16(24)20-23-22-19(26-20)15-8-11-27-13-15/h3,5,7-8,10-11,13,16H,2,4,6,9,12H2,1H3/t16-/m1/s1. The lowest BCUT2D eigenvalue weighted by Gasteiger charge is -2.33. The number of rotatable bonds is 4. The molecule has 138 valence electrons. The van der Waals surface area contributed by atoms with E-state index in [1.54, 1.807) is 11.3 Å². The normalized spacial score (nSPS) is 18.3. The molecule has 1 aliphatic heterocycles. The van der Waals surface area contributed by atoms with Crippen LogP contribution in [-0.2, 0) is 6.54 Å². The lowest BCUT2D eigenvalue weighted by atomic mass is 10.0. The first-order chi connectivity index (χ1) is 13.3. The molecule has 0 radical (unpaired) electrons. The number of thiophene rings is 1. The van der Waals surface area contributed by atoms with Crippen molar-refractivity contribution in [2.24, 2.45) is 0 Å². The molecule has 4 aromatic rings. The van der Waals surface area contributed by atoms with Crippen LogP contribution in [0.15, 0.2) is 45.6 Å². The number of likely N-dealkylation sites (tertiary alicyclic amines) is 1. The van der Waals surface area contributed by atoms with Crippen LogP contribution in [0.1, 0.15) is 42.6 Å². The van der Waals surface area contributed by atoms with Crippen LogP contribution in [0.4, 0.5) is 0 Å². The van der Waals surface area contributed by atoms with Gasteiger partial charge < -0.3 is 8.82 Å². The van der Waals surface area contributed by atoms with Crippen molar-refractivity contribution >= 4 is 17.0 Å². The number of piperidine rings is 1. The lowest BCUT2D eigenvalue weighted by molar-refractivity contribution is 0.116. The minimum atomic E-state index is 0.160. The number of aromatic nitrogens is 4. The van der Waals surface area contributed by atoms with Gasteiger partial charge in [-0.1, -0.05) is 12.5 Å². The first kappa shape index (κ1) is 16.6. The molecule has 0 aliphatic carbocycles. The summed E-state index contributed by atoms with van der Waals surface area (Å²) in [6.45, 7) is 3.95. The lowest BCUT2D eigenvalue weighted by Crippen LogP contribution is -2.33. The van der Waals surface area contributed by atoms with Gasteiger partial charge in [0.15, 0.2) is 0 Å². The van der Waals surface area contributed by atoms with Crippen LogP contribution < -0.4 is 0 Å². The maximum absolute atomic E-state index is 6.06. The van der Waals surface area contributed by atoms with E-state index in [9.17, 15) is 0 Å². The van der Waals surface area contributed by atoms with Crippen molar-refractivity contribution in [2.45, 2.75) is 38.8 Å². The summed E-state index contributed by atoms with van der Waals surface area (Å²) in [6.07, 6.45) is 5.51. The fourth-order valence-corrected chi connectivity index (χ4v) is 4.51. The van der Waals surface area contributed by atoms with Gasteiger partial charge in [0.2, 0.25) is 11.8 Å². The molecule has 0 amide bonds. The van der Waals surface area contributed by atoms with E-state index in [0.29, 0.717) is 5.89 Å². The molecule has 0 saturated carbocycles. The number of fused-ring (bicyclic) bond motifs is 1. The number of hydrogen-bond acceptors (Lipinski definition) is 6. The molecule has 5 rings (SSSR count). The van der Waals surface area contributed by atoms with Gasteiger partial charge in [0, 0.05) is 23.7 Å². The van der Waals surface area contributed by atoms with E-state index in [2.05, 4.69) is 44.8 Å². The SMILES string of the molecule is Cc1nc2ccccn2c1CN1CCCC[C@@H]1c1nnc(-c2ccsc2)o1. The summed E-state index contributed by atoms with van der Waals surface area (Å²) < 4.78 is 8.24. The molecule has 0 aromatic carbocycles. The fourth-order valence-electron chi connectivity index (χ4n) is 3.88. The largest absolute Gasteiger partial charge is 0.419 e. The third-order valence-electron chi connectivity index (χ3n) is 5.29. The first-order valence-corrected chi connectivity index (χ1v) is 10.3. The Balaban J connectivity index is 1.45. The quantitative estimate of drug-likeness (QED) is 0.523. The molecule has 5 heterocycles. The minimum absolute atomic E-state index is 0.160. The Morgan fingerprint density at radius 3 is 3.07 bits per heavy atom. The zero-order valence-electron chi connectivity index (χ0n) is 15.2. The summed E-state index contributed by atoms with van der Waals surface area (Å²) in [5, 5.41) is 12.7. The zero-order valence-corrected chi connectivity index (χ0v) is 16.0. The highest BCUT2D eigenvalue weighted by molar-refractivity contribution is 7.08. The summed E-state index contributed by atoms with van der Waals surface area (Å²) in [5.74, 6) is 1.34. The number of nitrogens with zero attached hydrogens (tertiary/aromatic N) is 5. The second-order valence-electron chi connectivity index (χ2n) is 7.01. The van der Waals surface area contributed by atoms with Gasteiger partial charge in [0.25, 0.3) is 0 Å².